The predicted octanol–water partition coefficient (Wildman–Crippen LogP) is 5.66. The third kappa shape index (κ3) is 33.9. The molecule has 70 heavy (non-hydrogen) atoms. The number of aliphatic imine (C=N–C) groups is 1. The summed E-state index contributed by atoms with van der Waals surface area (Å²) in [6.45, 7) is 5.83. The van der Waals surface area contributed by atoms with Gasteiger partial charge in [-0.05, 0) is 39.0 Å². The number of ether oxygens (including phenoxy) is 2. The maximum absolute atomic E-state index is 14.0. The second kappa shape index (κ2) is 43.0. The van der Waals surface area contributed by atoms with Gasteiger partial charge in [-0.3, -0.25) is 29.0 Å². The summed E-state index contributed by atoms with van der Waals surface area (Å²) in [6, 6.07) is -3.32. The van der Waals surface area contributed by atoms with Gasteiger partial charge in [-0.2, -0.15) is 0 Å². The molecule has 14 N–H and O–H groups in total. The minimum atomic E-state index is -1.52. The molecule has 1 unspecified atom stereocenters. The van der Waals surface area contributed by atoms with E-state index in [1.807, 2.05) is 0 Å². The number of aliphatic hydroxyl groups is 3. The first-order valence-electron chi connectivity index (χ1n) is 26.9. The lowest BCUT2D eigenvalue weighted by molar-refractivity contribution is -0.181. The molecule has 0 saturated carbocycles. The van der Waals surface area contributed by atoms with Crippen molar-refractivity contribution in [3.05, 3.63) is 0 Å². The average Bonchev–Trinajstić information content (AvgIpc) is 3.61. The Labute approximate surface area is 420 Å². The van der Waals surface area contributed by atoms with E-state index in [2.05, 4.69) is 34.8 Å². The van der Waals surface area contributed by atoms with Crippen molar-refractivity contribution in [2.24, 2.45) is 28.1 Å². The van der Waals surface area contributed by atoms with Crippen LogP contribution in [0.5, 0.6) is 0 Å². The maximum atomic E-state index is 14.0. The number of hydrogen-bond donors (Lipinski definition) is 11. The molecule has 0 spiro atoms. The fourth-order valence-corrected chi connectivity index (χ4v) is 8.37. The van der Waals surface area contributed by atoms with E-state index in [4.69, 9.17) is 31.8 Å². The van der Waals surface area contributed by atoms with Gasteiger partial charge < -0.3 is 68.2 Å². The van der Waals surface area contributed by atoms with Gasteiger partial charge in [0.1, 0.15) is 36.4 Å². The first-order chi connectivity index (χ1) is 33.5. The van der Waals surface area contributed by atoms with E-state index >= 15 is 0 Å². The number of guanidine groups is 1. The van der Waals surface area contributed by atoms with E-state index in [0.29, 0.717) is 32.2 Å². The van der Waals surface area contributed by atoms with E-state index in [9.17, 15) is 44.4 Å². The summed E-state index contributed by atoms with van der Waals surface area (Å²) in [4.78, 5) is 65.5. The van der Waals surface area contributed by atoms with Crippen LogP contribution in [-0.4, -0.2) is 130 Å². The van der Waals surface area contributed by atoms with Gasteiger partial charge in [0.25, 0.3) is 0 Å². The van der Waals surface area contributed by atoms with Crippen molar-refractivity contribution in [2.75, 3.05) is 20.2 Å². The van der Waals surface area contributed by atoms with Crippen LogP contribution in [0, 0.1) is 5.92 Å². The molecule has 0 aromatic carbocycles. The van der Waals surface area contributed by atoms with Crippen LogP contribution in [0.25, 0.3) is 0 Å². The Morgan fingerprint density at radius 3 is 1.44 bits per heavy atom. The largest absolute Gasteiger partial charge is 0.481 e. The van der Waals surface area contributed by atoms with Crippen LogP contribution in [0.2, 0.25) is 0 Å². The number of carboxylic acid groups (broad SMARTS) is 2. The number of nitrogens with zero attached hydrogens (tertiary/aromatic N) is 1. The van der Waals surface area contributed by atoms with Gasteiger partial charge in [0.2, 0.25) is 17.7 Å². The Morgan fingerprint density at radius 2 is 1.06 bits per heavy atom. The normalized spacial score (nSPS) is 18.2. The van der Waals surface area contributed by atoms with Gasteiger partial charge in [0.05, 0.1) is 12.7 Å². The number of unbranched alkanes of at least 4 members (excludes halogenated alkanes) is 22. The maximum Gasteiger partial charge on any atom is 0.320 e. The number of amides is 3. The van der Waals surface area contributed by atoms with Crippen LogP contribution in [0.4, 0.5) is 0 Å². The highest BCUT2D eigenvalue weighted by Crippen LogP contribution is 2.25. The highest BCUT2D eigenvalue weighted by Gasteiger charge is 2.46. The zero-order chi connectivity index (χ0) is 52.5. The molecule has 1 fully saturated rings. The SMILES string of the molecule is CCCCCCCCCCCCCCC(CCCCCCCCCCCCCC)C(=O)N[C@H](CO[C@@H]1O[C@H](C(C)O)[C@@H](O)[C@@H]1O)C(=O)N[C@@H](CCC(=O)O)C(=O)NC.NC(N)=NCCC[C@H](N)C(=O)O. The number of nitrogens with two attached hydrogens (primary N) is 3. The van der Waals surface area contributed by atoms with E-state index in [-0.39, 0.29) is 30.6 Å². The summed E-state index contributed by atoms with van der Waals surface area (Å²) in [5.74, 6) is -4.13. The first kappa shape index (κ1) is 66.4. The average molecular weight is 1000 g/mol. The van der Waals surface area contributed by atoms with Crippen LogP contribution in [0.15, 0.2) is 4.99 Å². The molecule has 0 aromatic rings. The van der Waals surface area contributed by atoms with Crippen molar-refractivity contribution < 1.29 is 59.0 Å². The molecule has 1 rings (SSSR count). The van der Waals surface area contributed by atoms with Crippen LogP contribution >= 0.6 is 0 Å². The zero-order valence-corrected chi connectivity index (χ0v) is 43.6. The van der Waals surface area contributed by atoms with Gasteiger partial charge in [0.15, 0.2) is 12.2 Å². The quantitative estimate of drug-likeness (QED) is 0.0199. The van der Waals surface area contributed by atoms with Crippen molar-refractivity contribution in [3.63, 3.8) is 0 Å². The molecule has 0 aromatic heterocycles. The minimum absolute atomic E-state index is 0.0129. The number of hydrogen-bond acceptors (Lipinski definition) is 12. The standard InChI is InChI=1S/C45H85N3O10.C6H14N4O2/c1-5-7-9-11-13-15-17-19-21-23-25-27-29-35(30-28-26-24-22-20-18-16-14-12-10-8-6-2)42(54)48-37(33-57-45-40(53)39(52)41(58-45)34(3)49)44(56)47-36(43(55)46-4)31-32-38(50)51;7-4(5(11)12)2-1-3-10-6(8)9/h34-37,39-41,45,49,52-53H,5-33H2,1-4H3,(H,46,55)(H,47,56)(H,48,54)(H,50,51);4H,1-3,7H2,(H,11,12)(H4,8,9,10)/t34?,36-,37+,39-,40-,41+,45+;4-/m00/s1. The smallest absolute Gasteiger partial charge is 0.320 e. The number of likely N-dealkylation sites (N-methyl/N-ethyl adjacent to an activating group) is 1. The van der Waals surface area contributed by atoms with Crippen LogP contribution in [0.1, 0.15) is 213 Å². The molecular weight excluding hydrogens is 903 g/mol. The summed E-state index contributed by atoms with van der Waals surface area (Å²) in [5, 5.41) is 56.4. The van der Waals surface area contributed by atoms with Crippen LogP contribution < -0.4 is 33.2 Å². The molecular formula is C51H99N7O12. The summed E-state index contributed by atoms with van der Waals surface area (Å²) in [7, 11) is 1.38. The van der Waals surface area contributed by atoms with Gasteiger partial charge in [-0.1, -0.05) is 168 Å². The minimum Gasteiger partial charge on any atom is -0.481 e. The highest BCUT2D eigenvalue weighted by molar-refractivity contribution is 5.92. The fraction of sp³-hybridized carbons (Fsp3) is 0.882. The lowest BCUT2D eigenvalue weighted by Gasteiger charge is -2.26. The Hall–Kier alpha value is -3.62. The fourth-order valence-electron chi connectivity index (χ4n) is 8.37. The lowest BCUT2D eigenvalue weighted by Crippen LogP contribution is -2.56. The Bertz CT molecular complexity index is 1380. The van der Waals surface area contributed by atoms with E-state index in [1.165, 1.54) is 130 Å². The van der Waals surface area contributed by atoms with Gasteiger partial charge >= 0.3 is 11.9 Å². The summed E-state index contributed by atoms with van der Waals surface area (Å²) >= 11 is 0. The number of aliphatic hydroxyl groups excluding tert-OH is 3. The third-order valence-electron chi connectivity index (χ3n) is 12.8. The van der Waals surface area contributed by atoms with Crippen LogP contribution in [-0.2, 0) is 33.4 Å². The van der Waals surface area contributed by atoms with Crippen molar-refractivity contribution in [2.45, 2.75) is 262 Å². The van der Waals surface area contributed by atoms with Crippen molar-refractivity contribution >= 4 is 35.6 Å². The second-order valence-corrected chi connectivity index (χ2v) is 19.1. The zero-order valence-electron chi connectivity index (χ0n) is 43.6. The number of carbonyl (C=O) groups is 5. The number of rotatable bonds is 43. The Balaban J connectivity index is 0.00000347. The summed E-state index contributed by atoms with van der Waals surface area (Å²) in [5.41, 5.74) is 15.3. The van der Waals surface area contributed by atoms with E-state index < -0.39 is 79.2 Å². The van der Waals surface area contributed by atoms with E-state index in [1.54, 1.807) is 0 Å². The molecule has 1 aliphatic rings. The number of carbonyl (C=O) groups excluding carboxylic acids is 3. The molecule has 1 saturated heterocycles. The van der Waals surface area contributed by atoms with Crippen molar-refractivity contribution in [1.82, 2.24) is 16.0 Å². The number of aliphatic carboxylic acids is 2. The van der Waals surface area contributed by atoms with Gasteiger partial charge in [0, 0.05) is 25.9 Å². The monoisotopic (exact) mass is 1000 g/mol. The lowest BCUT2D eigenvalue weighted by atomic mass is 9.93. The molecule has 0 aliphatic carbocycles. The summed E-state index contributed by atoms with van der Waals surface area (Å²) in [6.07, 6.45) is 24.3. The molecule has 19 heteroatoms. The molecule has 1 heterocycles. The third-order valence-corrected chi connectivity index (χ3v) is 12.8. The molecule has 0 radical (unpaired) electrons. The van der Waals surface area contributed by atoms with Gasteiger partial charge in [-0.15, -0.1) is 0 Å². The van der Waals surface area contributed by atoms with E-state index in [0.717, 1.165) is 38.5 Å². The molecule has 410 valence electrons. The second-order valence-electron chi connectivity index (χ2n) is 19.1. The molecule has 0 bridgehead atoms. The van der Waals surface area contributed by atoms with Crippen LogP contribution in [0.3, 0.4) is 0 Å². The molecule has 8 atom stereocenters. The Morgan fingerprint density at radius 1 is 0.614 bits per heavy atom. The molecule has 1 aliphatic heterocycles. The predicted molar refractivity (Wildman–Crippen MR) is 274 cm³/mol. The summed E-state index contributed by atoms with van der Waals surface area (Å²) < 4.78 is 11.3. The Kier molecular flexibility index (Phi) is 40.8. The number of carboxylic acids is 2. The first-order valence-corrected chi connectivity index (χ1v) is 26.9. The number of nitrogens with one attached hydrogen (secondary N) is 3. The van der Waals surface area contributed by atoms with Crippen molar-refractivity contribution in [3.8, 4) is 0 Å². The van der Waals surface area contributed by atoms with Crippen molar-refractivity contribution in [1.29, 1.82) is 0 Å². The topological polar surface area (TPSA) is 331 Å². The molecule has 19 nitrogen and oxygen atoms in total. The molecule has 3 amide bonds. The van der Waals surface area contributed by atoms with Gasteiger partial charge in [-0.25, -0.2) is 0 Å². The highest BCUT2D eigenvalue weighted by atomic mass is 16.7.